The van der Waals surface area contributed by atoms with Gasteiger partial charge in [-0.25, -0.2) is 4.39 Å². The van der Waals surface area contributed by atoms with Gasteiger partial charge in [-0.15, -0.1) is 11.6 Å². The Morgan fingerprint density at radius 1 is 1.50 bits per heavy atom. The van der Waals surface area contributed by atoms with Crippen LogP contribution in [-0.2, 0) is 11.2 Å². The van der Waals surface area contributed by atoms with Crippen molar-refractivity contribution in [2.24, 2.45) is 5.92 Å². The van der Waals surface area contributed by atoms with Crippen LogP contribution in [-0.4, -0.2) is 17.8 Å². The van der Waals surface area contributed by atoms with E-state index < -0.39 is 5.82 Å². The van der Waals surface area contributed by atoms with E-state index in [1.165, 1.54) is 12.1 Å². The third kappa shape index (κ3) is 3.59. The fourth-order valence-electron chi connectivity index (χ4n) is 1.76. The summed E-state index contributed by atoms with van der Waals surface area (Å²) in [6.07, 6.45) is 2.20. The van der Waals surface area contributed by atoms with Crippen molar-refractivity contribution in [3.63, 3.8) is 0 Å². The lowest BCUT2D eigenvalue weighted by Gasteiger charge is -2.10. The van der Waals surface area contributed by atoms with Crippen LogP contribution in [0.2, 0.25) is 5.02 Å². The molecule has 1 N–H and O–H groups in total. The van der Waals surface area contributed by atoms with E-state index in [1.54, 1.807) is 6.07 Å². The summed E-state index contributed by atoms with van der Waals surface area (Å²) in [5.74, 6) is -0.195. The van der Waals surface area contributed by atoms with Gasteiger partial charge in [0.1, 0.15) is 5.82 Å². The highest BCUT2D eigenvalue weighted by Gasteiger charge is 2.29. The quantitative estimate of drug-likeness (QED) is 0.829. The third-order valence-electron chi connectivity index (χ3n) is 3.03. The first-order chi connectivity index (χ1) is 8.58. The molecule has 2 nitrogen and oxygen atoms in total. The summed E-state index contributed by atoms with van der Waals surface area (Å²) in [7, 11) is 0. The number of hydrogen-bond acceptors (Lipinski definition) is 1. The standard InChI is InChI=1S/C13H14Cl2FNO/c14-10-2-1-3-12(16)9(10)6-13(18)17-7-11(15)8-4-5-8/h1-3,8,11H,4-7H2,(H,17,18). The summed E-state index contributed by atoms with van der Waals surface area (Å²) in [6.45, 7) is 0.428. The lowest BCUT2D eigenvalue weighted by molar-refractivity contribution is -0.120. The van der Waals surface area contributed by atoms with Crippen molar-refractivity contribution in [2.45, 2.75) is 24.6 Å². The maximum Gasteiger partial charge on any atom is 0.224 e. The maximum absolute atomic E-state index is 13.5. The minimum absolute atomic E-state index is 0.0231. The Bertz CT molecular complexity index is 428. The predicted molar refractivity (Wildman–Crippen MR) is 70.5 cm³/mol. The lowest BCUT2D eigenvalue weighted by Crippen LogP contribution is -2.32. The fraction of sp³-hybridized carbons (Fsp3) is 0.462. The van der Waals surface area contributed by atoms with Gasteiger partial charge in [0.15, 0.2) is 0 Å². The zero-order valence-corrected chi connectivity index (χ0v) is 11.3. The zero-order chi connectivity index (χ0) is 13.1. The summed E-state index contributed by atoms with van der Waals surface area (Å²) in [6, 6.07) is 4.38. The van der Waals surface area contributed by atoms with Gasteiger partial charge in [-0.05, 0) is 30.9 Å². The first-order valence-electron chi connectivity index (χ1n) is 5.91. The number of carbonyl (C=O) groups is 1. The van der Waals surface area contributed by atoms with Crippen LogP contribution < -0.4 is 5.32 Å². The second-order valence-corrected chi connectivity index (χ2v) is 5.50. The molecule has 2 rings (SSSR count). The zero-order valence-electron chi connectivity index (χ0n) is 9.76. The Kier molecular flexibility index (Phi) is 4.46. The normalized spacial score (nSPS) is 16.4. The van der Waals surface area contributed by atoms with Crippen molar-refractivity contribution in [3.8, 4) is 0 Å². The third-order valence-corrected chi connectivity index (χ3v) is 3.89. The molecule has 0 saturated heterocycles. The average Bonchev–Trinajstić information content (AvgIpc) is 3.15. The van der Waals surface area contributed by atoms with Gasteiger partial charge in [0, 0.05) is 17.1 Å². The summed E-state index contributed by atoms with van der Waals surface area (Å²) in [5.41, 5.74) is 0.231. The van der Waals surface area contributed by atoms with Crippen LogP contribution in [0.15, 0.2) is 18.2 Å². The minimum atomic E-state index is -0.456. The molecule has 0 aromatic heterocycles. The number of rotatable bonds is 5. The molecule has 0 bridgehead atoms. The molecule has 1 saturated carbocycles. The number of halogens is 3. The van der Waals surface area contributed by atoms with Crippen LogP contribution in [0, 0.1) is 11.7 Å². The van der Waals surface area contributed by atoms with Gasteiger partial charge in [0.05, 0.1) is 11.8 Å². The molecule has 0 spiro atoms. The molecule has 98 valence electrons. The van der Waals surface area contributed by atoms with Crippen LogP contribution in [0.4, 0.5) is 4.39 Å². The van der Waals surface area contributed by atoms with E-state index in [9.17, 15) is 9.18 Å². The van der Waals surface area contributed by atoms with Gasteiger partial charge in [0.2, 0.25) is 5.91 Å². The molecule has 1 aliphatic rings. The van der Waals surface area contributed by atoms with E-state index in [2.05, 4.69) is 5.32 Å². The maximum atomic E-state index is 13.5. The number of carbonyl (C=O) groups excluding carboxylic acids is 1. The Morgan fingerprint density at radius 2 is 2.22 bits per heavy atom. The first-order valence-corrected chi connectivity index (χ1v) is 6.73. The second kappa shape index (κ2) is 5.89. The highest BCUT2D eigenvalue weighted by atomic mass is 35.5. The van der Waals surface area contributed by atoms with Crippen molar-refractivity contribution in [1.82, 2.24) is 5.32 Å². The molecule has 1 aromatic carbocycles. The van der Waals surface area contributed by atoms with Gasteiger partial charge in [-0.3, -0.25) is 4.79 Å². The van der Waals surface area contributed by atoms with E-state index in [-0.39, 0.29) is 28.3 Å². The van der Waals surface area contributed by atoms with Crippen LogP contribution >= 0.6 is 23.2 Å². The molecule has 0 aliphatic heterocycles. The summed E-state index contributed by atoms with van der Waals surface area (Å²) < 4.78 is 13.5. The van der Waals surface area contributed by atoms with Crippen LogP contribution in [0.5, 0.6) is 0 Å². The monoisotopic (exact) mass is 289 g/mol. The Morgan fingerprint density at radius 3 is 2.83 bits per heavy atom. The van der Waals surface area contributed by atoms with Gasteiger partial charge in [-0.2, -0.15) is 0 Å². The summed E-state index contributed by atoms with van der Waals surface area (Å²) in [5, 5.41) is 2.96. The fourth-order valence-corrected chi connectivity index (χ4v) is 2.32. The van der Waals surface area contributed by atoms with Gasteiger partial charge in [-0.1, -0.05) is 17.7 Å². The molecule has 18 heavy (non-hydrogen) atoms. The molecule has 1 amide bonds. The SMILES string of the molecule is O=C(Cc1c(F)cccc1Cl)NCC(Cl)C1CC1. The molecule has 1 aromatic rings. The second-order valence-electron chi connectivity index (χ2n) is 4.53. The first kappa shape index (κ1) is 13.6. The van der Waals surface area contributed by atoms with E-state index in [1.807, 2.05) is 0 Å². The van der Waals surface area contributed by atoms with Crippen LogP contribution in [0.1, 0.15) is 18.4 Å². The molecular formula is C13H14Cl2FNO. The van der Waals surface area contributed by atoms with Gasteiger partial charge >= 0.3 is 0 Å². The van der Waals surface area contributed by atoms with Crippen LogP contribution in [0.25, 0.3) is 0 Å². The summed E-state index contributed by atoms with van der Waals surface area (Å²) in [4.78, 5) is 11.7. The van der Waals surface area contributed by atoms with E-state index in [0.29, 0.717) is 12.5 Å². The summed E-state index contributed by atoms with van der Waals surface area (Å²) >= 11 is 11.9. The molecule has 1 aliphatic carbocycles. The molecular weight excluding hydrogens is 276 g/mol. The van der Waals surface area contributed by atoms with E-state index in [0.717, 1.165) is 12.8 Å². The Hall–Kier alpha value is -0.800. The minimum Gasteiger partial charge on any atom is -0.354 e. The van der Waals surface area contributed by atoms with E-state index >= 15 is 0 Å². The van der Waals surface area contributed by atoms with Gasteiger partial charge < -0.3 is 5.32 Å². The van der Waals surface area contributed by atoms with Crippen molar-refractivity contribution in [2.75, 3.05) is 6.54 Å². The molecule has 1 unspecified atom stereocenters. The number of hydrogen-bond donors (Lipinski definition) is 1. The average molecular weight is 290 g/mol. The number of alkyl halides is 1. The Labute approximate surface area is 115 Å². The molecule has 5 heteroatoms. The molecule has 1 atom stereocenters. The largest absolute Gasteiger partial charge is 0.354 e. The van der Waals surface area contributed by atoms with Gasteiger partial charge in [0.25, 0.3) is 0 Å². The van der Waals surface area contributed by atoms with Crippen molar-refractivity contribution in [1.29, 1.82) is 0 Å². The predicted octanol–water partition coefficient (Wildman–Crippen LogP) is 3.16. The molecule has 0 radical (unpaired) electrons. The number of nitrogens with one attached hydrogen (secondary N) is 1. The van der Waals surface area contributed by atoms with Crippen molar-refractivity contribution in [3.05, 3.63) is 34.6 Å². The molecule has 0 heterocycles. The number of amides is 1. The number of benzene rings is 1. The highest BCUT2D eigenvalue weighted by molar-refractivity contribution is 6.31. The lowest BCUT2D eigenvalue weighted by atomic mass is 10.1. The molecule has 1 fully saturated rings. The highest BCUT2D eigenvalue weighted by Crippen LogP contribution is 2.35. The van der Waals surface area contributed by atoms with E-state index in [4.69, 9.17) is 23.2 Å². The topological polar surface area (TPSA) is 29.1 Å². The Balaban J connectivity index is 1.86. The van der Waals surface area contributed by atoms with Crippen LogP contribution in [0.3, 0.4) is 0 Å². The van der Waals surface area contributed by atoms with Crippen molar-refractivity contribution < 1.29 is 9.18 Å². The smallest absolute Gasteiger partial charge is 0.224 e. The van der Waals surface area contributed by atoms with Crippen molar-refractivity contribution >= 4 is 29.1 Å².